The largest absolute Gasteiger partial charge is 0.264 e. The summed E-state index contributed by atoms with van der Waals surface area (Å²) in [7, 11) is 0. The number of hydrogen-bond acceptors (Lipinski definition) is 1. The summed E-state index contributed by atoms with van der Waals surface area (Å²) in [4.78, 5) is 4.60. The Labute approximate surface area is 132 Å². The molecule has 0 unspecified atom stereocenters. The number of nitrogens with zero attached hydrogens (tertiary/aromatic N) is 1. The van der Waals surface area contributed by atoms with E-state index in [0.29, 0.717) is 5.92 Å². The molecule has 0 bridgehead atoms. The SMILES string of the molecule is C(=N/C=C1\CCC[C@H]2c3ccccc3C[C@@H]12)c1ccccc1. The van der Waals surface area contributed by atoms with Gasteiger partial charge in [0, 0.05) is 12.4 Å². The minimum atomic E-state index is 0.680. The molecule has 0 amide bonds. The predicted octanol–water partition coefficient (Wildman–Crippen LogP) is 5.13. The van der Waals surface area contributed by atoms with Crippen LogP contribution in [0.4, 0.5) is 0 Å². The summed E-state index contributed by atoms with van der Waals surface area (Å²) in [6.45, 7) is 0. The summed E-state index contributed by atoms with van der Waals surface area (Å²) in [6, 6.07) is 19.3. The lowest BCUT2D eigenvalue weighted by Gasteiger charge is -2.28. The van der Waals surface area contributed by atoms with E-state index in [2.05, 4.69) is 59.7 Å². The van der Waals surface area contributed by atoms with Crippen molar-refractivity contribution in [3.63, 3.8) is 0 Å². The van der Waals surface area contributed by atoms with Gasteiger partial charge in [-0.05, 0) is 59.8 Å². The van der Waals surface area contributed by atoms with Crippen LogP contribution in [0.1, 0.15) is 41.9 Å². The quantitative estimate of drug-likeness (QED) is 0.679. The molecule has 1 nitrogen and oxygen atoms in total. The molecule has 1 fully saturated rings. The molecule has 110 valence electrons. The summed E-state index contributed by atoms with van der Waals surface area (Å²) in [5.74, 6) is 1.40. The molecule has 1 heteroatoms. The zero-order valence-electron chi connectivity index (χ0n) is 12.8. The van der Waals surface area contributed by atoms with Crippen LogP contribution in [0.3, 0.4) is 0 Å². The molecular weight excluding hydrogens is 266 g/mol. The first kappa shape index (κ1) is 13.5. The van der Waals surface area contributed by atoms with Crippen LogP contribution in [0.15, 0.2) is 71.4 Å². The molecule has 2 aliphatic carbocycles. The van der Waals surface area contributed by atoms with Crippen molar-refractivity contribution in [2.75, 3.05) is 0 Å². The molecule has 2 aliphatic rings. The molecule has 1 saturated carbocycles. The third-order valence-electron chi connectivity index (χ3n) is 5.10. The third-order valence-corrected chi connectivity index (χ3v) is 5.10. The third kappa shape index (κ3) is 2.52. The maximum atomic E-state index is 4.60. The van der Waals surface area contributed by atoms with Crippen LogP contribution in [-0.4, -0.2) is 6.21 Å². The van der Waals surface area contributed by atoms with Gasteiger partial charge in [-0.2, -0.15) is 0 Å². The summed E-state index contributed by atoms with van der Waals surface area (Å²) in [6.07, 6.45) is 9.15. The first-order chi connectivity index (χ1) is 10.9. The van der Waals surface area contributed by atoms with Crippen molar-refractivity contribution in [3.8, 4) is 0 Å². The maximum absolute atomic E-state index is 4.60. The highest BCUT2D eigenvalue weighted by Gasteiger charge is 2.36. The van der Waals surface area contributed by atoms with Gasteiger partial charge < -0.3 is 0 Å². The Morgan fingerprint density at radius 1 is 0.909 bits per heavy atom. The molecule has 0 N–H and O–H groups in total. The molecule has 0 heterocycles. The highest BCUT2D eigenvalue weighted by molar-refractivity contribution is 5.79. The lowest BCUT2D eigenvalue weighted by Crippen LogP contribution is -2.16. The van der Waals surface area contributed by atoms with E-state index in [1.807, 2.05) is 12.3 Å². The van der Waals surface area contributed by atoms with E-state index in [0.717, 1.165) is 5.92 Å². The highest BCUT2D eigenvalue weighted by Crippen LogP contribution is 2.48. The van der Waals surface area contributed by atoms with E-state index >= 15 is 0 Å². The predicted molar refractivity (Wildman–Crippen MR) is 92.3 cm³/mol. The lowest BCUT2D eigenvalue weighted by molar-refractivity contribution is 0.416. The molecule has 0 radical (unpaired) electrons. The molecule has 0 spiro atoms. The molecule has 2 aromatic carbocycles. The van der Waals surface area contributed by atoms with Crippen molar-refractivity contribution in [1.82, 2.24) is 0 Å². The van der Waals surface area contributed by atoms with Gasteiger partial charge in [0.15, 0.2) is 0 Å². The van der Waals surface area contributed by atoms with Crippen molar-refractivity contribution in [2.24, 2.45) is 10.9 Å². The Bertz CT molecular complexity index is 712. The number of hydrogen-bond donors (Lipinski definition) is 0. The number of allylic oxidation sites excluding steroid dienone is 1. The second-order valence-electron chi connectivity index (χ2n) is 6.40. The smallest absolute Gasteiger partial charge is 0.0340 e. The number of fused-ring (bicyclic) bond motifs is 3. The Hall–Kier alpha value is -2.15. The Morgan fingerprint density at radius 2 is 1.73 bits per heavy atom. The van der Waals surface area contributed by atoms with Gasteiger partial charge in [0.1, 0.15) is 0 Å². The average Bonchev–Trinajstić information content (AvgIpc) is 2.96. The Kier molecular flexibility index (Phi) is 3.64. The van der Waals surface area contributed by atoms with E-state index in [1.165, 1.54) is 31.2 Å². The van der Waals surface area contributed by atoms with Crippen molar-refractivity contribution >= 4 is 6.21 Å². The number of rotatable bonds is 2. The number of aliphatic imine (C=N–C) groups is 1. The van der Waals surface area contributed by atoms with Crippen LogP contribution >= 0.6 is 0 Å². The normalized spacial score (nSPS) is 25.4. The molecule has 22 heavy (non-hydrogen) atoms. The van der Waals surface area contributed by atoms with Crippen molar-refractivity contribution in [2.45, 2.75) is 31.6 Å². The van der Waals surface area contributed by atoms with Crippen molar-refractivity contribution < 1.29 is 0 Å². The van der Waals surface area contributed by atoms with Gasteiger partial charge >= 0.3 is 0 Å². The summed E-state index contributed by atoms with van der Waals surface area (Å²) in [5.41, 5.74) is 5.85. The first-order valence-electron chi connectivity index (χ1n) is 8.27. The molecule has 2 aromatic rings. The summed E-state index contributed by atoms with van der Waals surface area (Å²) < 4.78 is 0. The van der Waals surface area contributed by atoms with Gasteiger partial charge in [0.25, 0.3) is 0 Å². The van der Waals surface area contributed by atoms with Gasteiger partial charge in [-0.25, -0.2) is 0 Å². The first-order valence-corrected chi connectivity index (χ1v) is 8.27. The molecule has 0 aromatic heterocycles. The molecule has 4 rings (SSSR count). The lowest BCUT2D eigenvalue weighted by atomic mass is 9.76. The molecule has 2 atom stereocenters. The zero-order chi connectivity index (χ0) is 14.8. The fourth-order valence-electron chi connectivity index (χ4n) is 4.05. The zero-order valence-corrected chi connectivity index (χ0v) is 12.8. The van der Waals surface area contributed by atoms with Gasteiger partial charge in [-0.1, -0.05) is 54.6 Å². The summed E-state index contributed by atoms with van der Waals surface area (Å²) in [5, 5.41) is 0. The van der Waals surface area contributed by atoms with Crippen LogP contribution in [0.5, 0.6) is 0 Å². The van der Waals surface area contributed by atoms with Crippen molar-refractivity contribution in [3.05, 3.63) is 83.1 Å². The topological polar surface area (TPSA) is 12.4 Å². The van der Waals surface area contributed by atoms with Crippen LogP contribution in [0.2, 0.25) is 0 Å². The summed E-state index contributed by atoms with van der Waals surface area (Å²) >= 11 is 0. The van der Waals surface area contributed by atoms with Crippen LogP contribution in [-0.2, 0) is 6.42 Å². The maximum Gasteiger partial charge on any atom is 0.0340 e. The second-order valence-corrected chi connectivity index (χ2v) is 6.40. The van der Waals surface area contributed by atoms with Gasteiger partial charge in [0.2, 0.25) is 0 Å². The molecule has 0 saturated heterocycles. The molecule has 0 aliphatic heterocycles. The number of benzene rings is 2. The van der Waals surface area contributed by atoms with E-state index in [1.54, 1.807) is 16.7 Å². The van der Waals surface area contributed by atoms with E-state index in [4.69, 9.17) is 0 Å². The second kappa shape index (κ2) is 5.92. The van der Waals surface area contributed by atoms with Gasteiger partial charge in [0.05, 0.1) is 0 Å². The van der Waals surface area contributed by atoms with Crippen molar-refractivity contribution in [1.29, 1.82) is 0 Å². The van der Waals surface area contributed by atoms with E-state index in [-0.39, 0.29) is 0 Å². The fourth-order valence-corrected chi connectivity index (χ4v) is 4.05. The van der Waals surface area contributed by atoms with Crippen LogP contribution in [0.25, 0.3) is 0 Å². The van der Waals surface area contributed by atoms with Gasteiger partial charge in [-0.15, -0.1) is 0 Å². The Morgan fingerprint density at radius 3 is 2.64 bits per heavy atom. The molecular formula is C21H21N. The Balaban J connectivity index is 1.56. The minimum Gasteiger partial charge on any atom is -0.264 e. The standard InChI is InChI=1S/C21H21N/c1-2-7-16(8-3-1)14-22-15-18-10-6-12-20-19-11-5-4-9-17(19)13-21(18)20/h1-5,7-9,11,14-15,20-21H,6,10,12-13H2/b18-15+,22-14?/t20-,21-/m0/s1. The monoisotopic (exact) mass is 287 g/mol. The van der Waals surface area contributed by atoms with E-state index in [9.17, 15) is 0 Å². The van der Waals surface area contributed by atoms with Gasteiger partial charge in [-0.3, -0.25) is 4.99 Å². The van der Waals surface area contributed by atoms with Crippen LogP contribution in [0, 0.1) is 5.92 Å². The average molecular weight is 287 g/mol. The highest BCUT2D eigenvalue weighted by atomic mass is 14.7. The fraction of sp³-hybridized carbons (Fsp3) is 0.286. The van der Waals surface area contributed by atoms with Crippen LogP contribution < -0.4 is 0 Å². The van der Waals surface area contributed by atoms with E-state index < -0.39 is 0 Å². The minimum absolute atomic E-state index is 0.680.